The Labute approximate surface area is 125 Å². The van der Waals surface area contributed by atoms with Gasteiger partial charge in [0, 0.05) is 8.95 Å². The lowest BCUT2D eigenvalue weighted by atomic mass is 10.3. The van der Waals surface area contributed by atoms with Gasteiger partial charge in [-0.2, -0.15) is 0 Å². The topological polar surface area (TPSA) is 92.4 Å². The van der Waals surface area contributed by atoms with Crippen LogP contribution in [0.15, 0.2) is 26.0 Å². The molecule has 10 heteroatoms. The van der Waals surface area contributed by atoms with Crippen molar-refractivity contribution in [2.75, 3.05) is 18.9 Å². The Morgan fingerprint density at radius 3 is 2.42 bits per heavy atom. The summed E-state index contributed by atoms with van der Waals surface area (Å²) in [7, 11) is -4.22. The molecule has 0 spiro atoms. The van der Waals surface area contributed by atoms with Crippen molar-refractivity contribution in [3.63, 3.8) is 0 Å². The Kier molecular flexibility index (Phi) is 5.29. The number of aliphatic hydroxyl groups is 1. The van der Waals surface area contributed by atoms with Crippen LogP contribution in [0.4, 0.5) is 14.5 Å². The minimum absolute atomic E-state index is 0.0962. The molecule has 4 N–H and O–H groups in total. The van der Waals surface area contributed by atoms with Crippen LogP contribution in [-0.2, 0) is 10.0 Å². The van der Waals surface area contributed by atoms with Crippen molar-refractivity contribution in [1.29, 1.82) is 0 Å². The molecule has 0 bridgehead atoms. The van der Waals surface area contributed by atoms with Crippen LogP contribution in [-0.4, -0.2) is 32.6 Å². The molecule has 0 radical (unpaired) electrons. The molecule has 0 aliphatic rings. The normalized spacial score (nSPS) is 12.7. The third-order valence-corrected chi connectivity index (χ3v) is 4.92. The molecule has 0 amide bonds. The van der Waals surface area contributed by atoms with Crippen LogP contribution in [0.1, 0.15) is 0 Å². The van der Waals surface area contributed by atoms with Crippen molar-refractivity contribution in [3.8, 4) is 0 Å². The Balaban J connectivity index is 3.09. The van der Waals surface area contributed by atoms with Crippen molar-refractivity contribution in [2.45, 2.75) is 10.8 Å². The predicted octanol–water partition coefficient (Wildman–Crippen LogP) is 1.70. The molecule has 0 atom stereocenters. The molecule has 1 aromatic rings. The van der Waals surface area contributed by atoms with E-state index in [1.54, 1.807) is 4.72 Å². The molecular weight excluding hydrogens is 414 g/mol. The third kappa shape index (κ3) is 4.35. The van der Waals surface area contributed by atoms with E-state index < -0.39 is 29.1 Å². The fourth-order valence-corrected chi connectivity index (χ4v) is 4.32. The number of hydrogen-bond donors (Lipinski definition) is 3. The maximum absolute atomic E-state index is 12.8. The average Bonchev–Trinajstić information content (AvgIpc) is 2.25. The standard InChI is InChI=1S/C9H10Br2F2N2O3S/c10-5-1-6(11)8(7(14)2-5)19(17,18)15-3-9(12,13)4-16/h1-2,15-16H,3-4,14H2. The smallest absolute Gasteiger partial charge is 0.283 e. The van der Waals surface area contributed by atoms with Gasteiger partial charge in [0.1, 0.15) is 11.5 Å². The van der Waals surface area contributed by atoms with E-state index in [0.29, 0.717) is 4.47 Å². The molecule has 0 aliphatic heterocycles. The summed E-state index contributed by atoms with van der Waals surface area (Å²) in [5, 5.41) is 8.38. The van der Waals surface area contributed by atoms with Gasteiger partial charge in [-0.05, 0) is 28.1 Å². The number of alkyl halides is 2. The first-order valence-electron chi connectivity index (χ1n) is 4.82. The summed E-state index contributed by atoms with van der Waals surface area (Å²) in [6.07, 6.45) is 0. The lowest BCUT2D eigenvalue weighted by Gasteiger charge is -2.16. The van der Waals surface area contributed by atoms with Crippen LogP contribution in [0.25, 0.3) is 0 Å². The van der Waals surface area contributed by atoms with Crippen LogP contribution in [0, 0.1) is 0 Å². The van der Waals surface area contributed by atoms with E-state index in [1.807, 2.05) is 0 Å². The number of nitrogens with two attached hydrogens (primary N) is 1. The van der Waals surface area contributed by atoms with E-state index in [1.165, 1.54) is 12.1 Å². The molecule has 1 aromatic carbocycles. The molecule has 0 saturated heterocycles. The summed E-state index contributed by atoms with van der Waals surface area (Å²) in [6, 6.07) is 2.76. The minimum atomic E-state index is -4.22. The van der Waals surface area contributed by atoms with E-state index in [9.17, 15) is 17.2 Å². The predicted molar refractivity (Wildman–Crippen MR) is 73.5 cm³/mol. The number of sulfonamides is 1. The molecule has 19 heavy (non-hydrogen) atoms. The molecule has 0 unspecified atom stereocenters. The highest BCUT2D eigenvalue weighted by Crippen LogP contribution is 2.31. The Hall–Kier alpha value is -0.290. The molecular formula is C9H10Br2F2N2O3S. The zero-order valence-electron chi connectivity index (χ0n) is 9.33. The van der Waals surface area contributed by atoms with Gasteiger partial charge in [0.2, 0.25) is 10.0 Å². The summed E-state index contributed by atoms with van der Waals surface area (Å²) in [6.45, 7) is -2.67. The molecule has 0 fully saturated rings. The highest BCUT2D eigenvalue weighted by Gasteiger charge is 2.31. The lowest BCUT2D eigenvalue weighted by Crippen LogP contribution is -2.39. The fraction of sp³-hybridized carbons (Fsp3) is 0.333. The largest absolute Gasteiger partial charge is 0.398 e. The van der Waals surface area contributed by atoms with Gasteiger partial charge in [-0.3, -0.25) is 0 Å². The van der Waals surface area contributed by atoms with E-state index in [0.717, 1.165) is 0 Å². The van der Waals surface area contributed by atoms with Crippen LogP contribution >= 0.6 is 31.9 Å². The van der Waals surface area contributed by atoms with Gasteiger partial charge in [0.05, 0.1) is 12.2 Å². The zero-order chi connectivity index (χ0) is 14.8. The van der Waals surface area contributed by atoms with Crippen molar-refractivity contribution in [3.05, 3.63) is 21.1 Å². The Morgan fingerprint density at radius 2 is 1.95 bits per heavy atom. The molecule has 108 valence electrons. The van der Waals surface area contributed by atoms with Gasteiger partial charge in [-0.25, -0.2) is 21.9 Å². The van der Waals surface area contributed by atoms with Crippen LogP contribution in [0.3, 0.4) is 0 Å². The summed E-state index contributed by atoms with van der Waals surface area (Å²) in [5.41, 5.74) is 5.47. The van der Waals surface area contributed by atoms with Gasteiger partial charge in [0.15, 0.2) is 0 Å². The first kappa shape index (κ1) is 16.8. The summed E-state index contributed by atoms with van der Waals surface area (Å²) in [4.78, 5) is -0.329. The monoisotopic (exact) mass is 422 g/mol. The van der Waals surface area contributed by atoms with E-state index in [2.05, 4.69) is 31.9 Å². The van der Waals surface area contributed by atoms with Crippen molar-refractivity contribution < 1.29 is 22.3 Å². The number of anilines is 1. The number of benzene rings is 1. The second kappa shape index (κ2) is 6.00. The van der Waals surface area contributed by atoms with Gasteiger partial charge >= 0.3 is 0 Å². The quantitative estimate of drug-likeness (QED) is 0.628. The SMILES string of the molecule is Nc1cc(Br)cc(Br)c1S(=O)(=O)NCC(F)(F)CO. The Morgan fingerprint density at radius 1 is 1.37 bits per heavy atom. The number of aliphatic hydroxyl groups excluding tert-OH is 1. The highest BCUT2D eigenvalue weighted by molar-refractivity contribution is 9.11. The van der Waals surface area contributed by atoms with Gasteiger partial charge in [-0.1, -0.05) is 15.9 Å². The maximum Gasteiger partial charge on any atom is 0.283 e. The van der Waals surface area contributed by atoms with Gasteiger partial charge in [-0.15, -0.1) is 0 Å². The second-order valence-corrected chi connectivity index (χ2v) is 7.12. The first-order valence-corrected chi connectivity index (χ1v) is 7.89. The second-order valence-electron chi connectivity index (χ2n) is 3.64. The maximum atomic E-state index is 12.8. The van der Waals surface area contributed by atoms with Gasteiger partial charge in [0.25, 0.3) is 5.92 Å². The number of nitrogens with one attached hydrogen (secondary N) is 1. The van der Waals surface area contributed by atoms with Crippen molar-refractivity contribution >= 4 is 47.6 Å². The molecule has 0 aliphatic carbocycles. The van der Waals surface area contributed by atoms with E-state index in [4.69, 9.17) is 10.8 Å². The summed E-state index contributed by atoms with van der Waals surface area (Å²) in [5.74, 6) is -3.54. The number of rotatable bonds is 5. The number of halogens is 4. The van der Waals surface area contributed by atoms with Crippen LogP contribution < -0.4 is 10.5 Å². The molecule has 0 aromatic heterocycles. The summed E-state index contributed by atoms with van der Waals surface area (Å²) >= 11 is 6.12. The van der Waals surface area contributed by atoms with E-state index in [-0.39, 0.29) is 15.1 Å². The number of nitrogen functional groups attached to an aromatic ring is 1. The van der Waals surface area contributed by atoms with Gasteiger partial charge < -0.3 is 10.8 Å². The van der Waals surface area contributed by atoms with Crippen molar-refractivity contribution in [1.82, 2.24) is 4.72 Å². The fourth-order valence-electron chi connectivity index (χ4n) is 1.19. The third-order valence-electron chi connectivity index (χ3n) is 2.06. The molecule has 1 rings (SSSR count). The Bertz CT molecular complexity index is 558. The lowest BCUT2D eigenvalue weighted by molar-refractivity contribution is -0.0437. The molecule has 5 nitrogen and oxygen atoms in total. The molecule has 0 saturated carbocycles. The van der Waals surface area contributed by atoms with Crippen LogP contribution in [0.5, 0.6) is 0 Å². The van der Waals surface area contributed by atoms with Crippen LogP contribution in [0.2, 0.25) is 0 Å². The zero-order valence-corrected chi connectivity index (χ0v) is 13.3. The van der Waals surface area contributed by atoms with Crippen molar-refractivity contribution in [2.24, 2.45) is 0 Å². The summed E-state index contributed by atoms with van der Waals surface area (Å²) < 4.78 is 51.8. The number of hydrogen-bond acceptors (Lipinski definition) is 4. The molecule has 0 heterocycles. The first-order chi connectivity index (χ1) is 8.59. The minimum Gasteiger partial charge on any atom is -0.398 e. The highest BCUT2D eigenvalue weighted by atomic mass is 79.9. The van der Waals surface area contributed by atoms with E-state index >= 15 is 0 Å². The average molecular weight is 424 g/mol.